The van der Waals surface area contributed by atoms with Crippen LogP contribution in [0.1, 0.15) is 18.2 Å². The summed E-state index contributed by atoms with van der Waals surface area (Å²) in [7, 11) is 3.30. The first-order valence-corrected chi connectivity index (χ1v) is 11.5. The molecule has 1 heterocycles. The van der Waals surface area contributed by atoms with Crippen molar-refractivity contribution in [1.29, 1.82) is 0 Å². The molecule has 3 rings (SSSR count). The summed E-state index contributed by atoms with van der Waals surface area (Å²) in [5.74, 6) is 1.98. The lowest BCUT2D eigenvalue weighted by Gasteiger charge is -2.25. The maximum Gasteiger partial charge on any atom is 0.227 e. The molecule has 0 spiro atoms. The summed E-state index contributed by atoms with van der Waals surface area (Å²) >= 11 is 0. The van der Waals surface area contributed by atoms with Gasteiger partial charge >= 0.3 is 0 Å². The normalized spacial score (nSPS) is 12.2. The number of aliphatic hydroxyl groups excluding tert-OH is 1. The van der Waals surface area contributed by atoms with E-state index in [9.17, 15) is 5.11 Å². The predicted octanol–water partition coefficient (Wildman–Crippen LogP) is 3.83. The molecular formula is C26H35N3O5. The second-order valence-electron chi connectivity index (χ2n) is 7.94. The minimum absolute atomic E-state index is 0.287. The third-order valence-electron chi connectivity index (χ3n) is 5.37. The molecule has 34 heavy (non-hydrogen) atoms. The van der Waals surface area contributed by atoms with E-state index in [4.69, 9.17) is 24.0 Å². The predicted molar refractivity (Wildman–Crippen MR) is 131 cm³/mol. The van der Waals surface area contributed by atoms with Crippen LogP contribution < -0.4 is 9.47 Å². The fourth-order valence-corrected chi connectivity index (χ4v) is 3.63. The number of benzene rings is 2. The Hall–Kier alpha value is -2.91. The van der Waals surface area contributed by atoms with Crippen LogP contribution in [0, 0.1) is 6.92 Å². The standard InChI is InChI=1S/C26H35N3O5/c1-5-33-19-22(30)17-28(14-15-31-3)18-25-20(2)27-29(21-10-7-6-8-11-21)26(25)34-24-13-9-12-23(16-24)32-4/h6-13,16,22,30H,5,14-15,17-19H2,1-4H3. The smallest absolute Gasteiger partial charge is 0.227 e. The molecule has 8 nitrogen and oxygen atoms in total. The van der Waals surface area contributed by atoms with Gasteiger partial charge in [0.15, 0.2) is 0 Å². The molecule has 1 atom stereocenters. The molecule has 0 amide bonds. The van der Waals surface area contributed by atoms with Gasteiger partial charge in [-0.05, 0) is 38.1 Å². The quantitative estimate of drug-likeness (QED) is 0.384. The number of methoxy groups -OCH3 is 2. The fraction of sp³-hybridized carbons (Fsp3) is 0.423. The van der Waals surface area contributed by atoms with E-state index < -0.39 is 6.10 Å². The highest BCUT2D eigenvalue weighted by molar-refractivity contribution is 5.44. The van der Waals surface area contributed by atoms with Crippen LogP contribution in [0.25, 0.3) is 5.69 Å². The fourth-order valence-electron chi connectivity index (χ4n) is 3.63. The van der Waals surface area contributed by atoms with Crippen LogP contribution in [0.4, 0.5) is 0 Å². The zero-order chi connectivity index (χ0) is 24.3. The third kappa shape index (κ3) is 7.04. The monoisotopic (exact) mass is 469 g/mol. The van der Waals surface area contributed by atoms with E-state index in [1.807, 2.05) is 73.1 Å². The molecule has 1 aromatic heterocycles. The molecule has 0 fully saturated rings. The minimum atomic E-state index is -0.607. The van der Waals surface area contributed by atoms with Crippen LogP contribution in [-0.2, 0) is 16.0 Å². The molecule has 0 saturated carbocycles. The first-order chi connectivity index (χ1) is 16.5. The molecule has 0 aliphatic heterocycles. The van der Waals surface area contributed by atoms with Crippen LogP contribution in [-0.4, -0.2) is 73.0 Å². The first kappa shape index (κ1) is 25.7. The van der Waals surface area contributed by atoms with E-state index in [2.05, 4.69) is 4.90 Å². The summed E-state index contributed by atoms with van der Waals surface area (Å²) in [6, 6.07) is 17.4. The Kier molecular flexibility index (Phi) is 9.90. The number of hydrogen-bond acceptors (Lipinski definition) is 7. The van der Waals surface area contributed by atoms with E-state index in [0.717, 1.165) is 16.9 Å². The number of aromatic nitrogens is 2. The molecule has 8 heteroatoms. The van der Waals surface area contributed by atoms with Gasteiger partial charge in [-0.2, -0.15) is 5.10 Å². The zero-order valence-corrected chi connectivity index (χ0v) is 20.4. The summed E-state index contributed by atoms with van der Waals surface area (Å²) in [6.07, 6.45) is -0.607. The topological polar surface area (TPSA) is 78.2 Å². The molecule has 2 aromatic carbocycles. The number of rotatable bonds is 14. The van der Waals surface area contributed by atoms with Gasteiger partial charge in [0, 0.05) is 39.4 Å². The Morgan fingerprint density at radius 2 is 1.82 bits per heavy atom. The van der Waals surface area contributed by atoms with Crippen molar-refractivity contribution in [2.24, 2.45) is 0 Å². The number of ether oxygens (including phenoxy) is 4. The highest BCUT2D eigenvalue weighted by Crippen LogP contribution is 2.33. The van der Waals surface area contributed by atoms with Crippen LogP contribution in [0.2, 0.25) is 0 Å². The summed E-state index contributed by atoms with van der Waals surface area (Å²) in [6.45, 7) is 6.90. The molecule has 3 aromatic rings. The van der Waals surface area contributed by atoms with Gasteiger partial charge in [0.25, 0.3) is 0 Å². The molecule has 0 aliphatic rings. The summed E-state index contributed by atoms with van der Waals surface area (Å²) in [5.41, 5.74) is 2.68. The maximum absolute atomic E-state index is 10.5. The average Bonchev–Trinajstić information content (AvgIpc) is 3.16. The maximum atomic E-state index is 10.5. The number of para-hydroxylation sites is 1. The summed E-state index contributed by atoms with van der Waals surface area (Å²) in [4.78, 5) is 2.13. The lowest BCUT2D eigenvalue weighted by Crippen LogP contribution is -2.36. The van der Waals surface area contributed by atoms with Gasteiger partial charge in [-0.15, -0.1) is 0 Å². The number of hydrogen-bond donors (Lipinski definition) is 1. The Labute approximate surface area is 201 Å². The molecule has 1 N–H and O–H groups in total. The van der Waals surface area contributed by atoms with Crippen LogP contribution in [0.15, 0.2) is 54.6 Å². The molecule has 0 bridgehead atoms. The van der Waals surface area contributed by atoms with Gasteiger partial charge in [0.05, 0.1) is 43.4 Å². The Bertz CT molecular complexity index is 1010. The van der Waals surface area contributed by atoms with Crippen LogP contribution in [0.3, 0.4) is 0 Å². The SMILES string of the molecule is CCOCC(O)CN(CCOC)Cc1c(C)nn(-c2ccccc2)c1Oc1cccc(OC)c1. The van der Waals surface area contributed by atoms with Crippen molar-refractivity contribution in [3.63, 3.8) is 0 Å². The highest BCUT2D eigenvalue weighted by atomic mass is 16.5. The largest absolute Gasteiger partial charge is 0.497 e. The Morgan fingerprint density at radius 1 is 1.06 bits per heavy atom. The second-order valence-corrected chi connectivity index (χ2v) is 7.94. The number of aryl methyl sites for hydroxylation is 1. The highest BCUT2D eigenvalue weighted by Gasteiger charge is 2.22. The number of aliphatic hydroxyl groups is 1. The summed E-state index contributed by atoms with van der Waals surface area (Å²) < 4.78 is 24.3. The van der Waals surface area contributed by atoms with Gasteiger partial charge in [-0.1, -0.05) is 24.3 Å². The van der Waals surface area contributed by atoms with Gasteiger partial charge in [0.2, 0.25) is 5.88 Å². The van der Waals surface area contributed by atoms with E-state index >= 15 is 0 Å². The Morgan fingerprint density at radius 3 is 2.53 bits per heavy atom. The molecule has 0 radical (unpaired) electrons. The minimum Gasteiger partial charge on any atom is -0.497 e. The van der Waals surface area contributed by atoms with Gasteiger partial charge in [-0.3, -0.25) is 4.90 Å². The van der Waals surface area contributed by atoms with Crippen LogP contribution >= 0.6 is 0 Å². The molecule has 0 saturated heterocycles. The van der Waals surface area contributed by atoms with Crippen molar-refractivity contribution in [1.82, 2.24) is 14.7 Å². The van der Waals surface area contributed by atoms with Gasteiger partial charge in [0.1, 0.15) is 11.5 Å². The lowest BCUT2D eigenvalue weighted by atomic mass is 10.2. The van der Waals surface area contributed by atoms with Crippen molar-refractivity contribution in [3.8, 4) is 23.1 Å². The molecule has 0 aliphatic carbocycles. The summed E-state index contributed by atoms with van der Waals surface area (Å²) in [5, 5.41) is 15.3. The number of nitrogens with zero attached hydrogens (tertiary/aromatic N) is 3. The van der Waals surface area contributed by atoms with Crippen LogP contribution in [0.5, 0.6) is 17.4 Å². The van der Waals surface area contributed by atoms with E-state index in [0.29, 0.717) is 50.2 Å². The third-order valence-corrected chi connectivity index (χ3v) is 5.37. The first-order valence-electron chi connectivity index (χ1n) is 11.5. The Balaban J connectivity index is 1.96. The van der Waals surface area contributed by atoms with Crippen molar-refractivity contribution in [2.45, 2.75) is 26.5 Å². The zero-order valence-electron chi connectivity index (χ0n) is 20.4. The molecule has 184 valence electrons. The van der Waals surface area contributed by atoms with E-state index in [-0.39, 0.29) is 6.61 Å². The van der Waals surface area contributed by atoms with Gasteiger partial charge in [-0.25, -0.2) is 4.68 Å². The van der Waals surface area contributed by atoms with Crippen molar-refractivity contribution >= 4 is 0 Å². The molecular weight excluding hydrogens is 434 g/mol. The van der Waals surface area contributed by atoms with Crippen molar-refractivity contribution in [2.75, 3.05) is 47.1 Å². The van der Waals surface area contributed by atoms with E-state index in [1.54, 1.807) is 14.2 Å². The lowest BCUT2D eigenvalue weighted by molar-refractivity contribution is 0.0147. The van der Waals surface area contributed by atoms with Crippen molar-refractivity contribution in [3.05, 3.63) is 65.9 Å². The van der Waals surface area contributed by atoms with Crippen molar-refractivity contribution < 1.29 is 24.1 Å². The average molecular weight is 470 g/mol. The van der Waals surface area contributed by atoms with Gasteiger partial charge < -0.3 is 24.1 Å². The molecule has 1 unspecified atom stereocenters. The second kappa shape index (κ2) is 13.1. The van der Waals surface area contributed by atoms with E-state index in [1.165, 1.54) is 0 Å².